The minimum Gasteiger partial charge on any atom is -0.376 e. The molecule has 5 heteroatoms. The second-order valence-corrected chi connectivity index (χ2v) is 7.31. The van der Waals surface area contributed by atoms with Crippen LogP contribution in [0.5, 0.6) is 0 Å². The van der Waals surface area contributed by atoms with Crippen LogP contribution >= 0.6 is 23.6 Å². The number of anilines is 1. The van der Waals surface area contributed by atoms with Crippen LogP contribution in [-0.2, 0) is 11.3 Å². The van der Waals surface area contributed by atoms with Crippen molar-refractivity contribution < 1.29 is 4.74 Å². The Kier molecular flexibility index (Phi) is 5.65. The molecule has 0 bridgehead atoms. The number of hydrogen-bond acceptors (Lipinski definition) is 3. The van der Waals surface area contributed by atoms with Gasteiger partial charge in [0, 0.05) is 23.7 Å². The van der Waals surface area contributed by atoms with Crippen molar-refractivity contribution in [2.45, 2.75) is 32.4 Å². The third kappa shape index (κ3) is 4.77. The first-order valence-corrected chi connectivity index (χ1v) is 9.26. The summed E-state index contributed by atoms with van der Waals surface area (Å²) in [6.45, 7) is 4.63. The number of nitrogens with one attached hydrogen (secondary N) is 1. The highest BCUT2D eigenvalue weighted by Gasteiger charge is 2.21. The Bertz CT molecular complexity index is 636. The third-order valence-corrected chi connectivity index (χ3v) is 5.15. The Balaban J connectivity index is 1.68. The van der Waals surface area contributed by atoms with Gasteiger partial charge in [-0.25, -0.2) is 0 Å². The molecule has 2 heterocycles. The molecule has 23 heavy (non-hydrogen) atoms. The van der Waals surface area contributed by atoms with Crippen LogP contribution in [0.4, 0.5) is 5.69 Å². The minimum atomic E-state index is 0.284. The van der Waals surface area contributed by atoms with Crippen LogP contribution in [0.25, 0.3) is 0 Å². The molecule has 0 amide bonds. The molecule has 1 aliphatic rings. The van der Waals surface area contributed by atoms with E-state index in [4.69, 9.17) is 17.0 Å². The molecule has 0 aliphatic carbocycles. The van der Waals surface area contributed by atoms with E-state index in [-0.39, 0.29) is 6.10 Å². The van der Waals surface area contributed by atoms with Crippen LogP contribution in [0.2, 0.25) is 0 Å². The van der Waals surface area contributed by atoms with Crippen molar-refractivity contribution in [2.24, 2.45) is 0 Å². The van der Waals surface area contributed by atoms with Crippen LogP contribution in [0.3, 0.4) is 0 Å². The van der Waals surface area contributed by atoms with Gasteiger partial charge in [-0.1, -0.05) is 18.2 Å². The molecule has 0 radical (unpaired) electrons. The second kappa shape index (κ2) is 7.90. The fraction of sp³-hybridized carbons (Fsp3) is 0.389. The summed E-state index contributed by atoms with van der Waals surface area (Å²) in [5.41, 5.74) is 2.26. The van der Waals surface area contributed by atoms with E-state index in [1.807, 2.05) is 6.07 Å². The molecule has 3 nitrogen and oxygen atoms in total. The molecule has 1 aromatic heterocycles. The Hall–Kier alpha value is -1.43. The van der Waals surface area contributed by atoms with E-state index in [9.17, 15) is 0 Å². The SMILES string of the molecule is Cc1cccc(NC(=S)N(Cc2cccs2)C[C@H]2CCCO2)c1. The van der Waals surface area contributed by atoms with E-state index in [2.05, 4.69) is 52.9 Å². The number of ether oxygens (including phenoxy) is 1. The third-order valence-electron chi connectivity index (χ3n) is 3.93. The minimum absolute atomic E-state index is 0.284. The zero-order valence-electron chi connectivity index (χ0n) is 13.3. The Morgan fingerprint density at radius 2 is 2.30 bits per heavy atom. The fourth-order valence-electron chi connectivity index (χ4n) is 2.77. The van der Waals surface area contributed by atoms with Gasteiger partial charge in [0.2, 0.25) is 0 Å². The van der Waals surface area contributed by atoms with Crippen molar-refractivity contribution in [2.75, 3.05) is 18.5 Å². The van der Waals surface area contributed by atoms with Crippen molar-refractivity contribution in [3.63, 3.8) is 0 Å². The number of nitrogens with zero attached hydrogens (tertiary/aromatic N) is 1. The number of benzene rings is 1. The van der Waals surface area contributed by atoms with Gasteiger partial charge in [0.25, 0.3) is 0 Å². The lowest BCUT2D eigenvalue weighted by Crippen LogP contribution is -2.39. The predicted molar refractivity (Wildman–Crippen MR) is 101 cm³/mol. The zero-order chi connectivity index (χ0) is 16.1. The first kappa shape index (κ1) is 16.4. The van der Waals surface area contributed by atoms with Crippen molar-refractivity contribution in [3.8, 4) is 0 Å². The van der Waals surface area contributed by atoms with Gasteiger partial charge in [-0.2, -0.15) is 0 Å². The molecule has 1 atom stereocenters. The van der Waals surface area contributed by atoms with Crippen LogP contribution in [-0.4, -0.2) is 29.3 Å². The normalized spacial score (nSPS) is 17.2. The molecule has 0 spiro atoms. The van der Waals surface area contributed by atoms with Crippen molar-refractivity contribution in [1.29, 1.82) is 0 Å². The summed E-state index contributed by atoms with van der Waals surface area (Å²) in [6, 6.07) is 12.5. The monoisotopic (exact) mass is 346 g/mol. The summed E-state index contributed by atoms with van der Waals surface area (Å²) in [5.74, 6) is 0. The van der Waals surface area contributed by atoms with Gasteiger partial charge < -0.3 is 15.0 Å². The second-order valence-electron chi connectivity index (χ2n) is 5.89. The molecule has 1 aliphatic heterocycles. The Labute approximate surface area is 147 Å². The lowest BCUT2D eigenvalue weighted by atomic mass is 10.2. The largest absolute Gasteiger partial charge is 0.376 e. The number of aryl methyl sites for hydroxylation is 1. The highest BCUT2D eigenvalue weighted by molar-refractivity contribution is 7.80. The summed E-state index contributed by atoms with van der Waals surface area (Å²) in [7, 11) is 0. The van der Waals surface area contributed by atoms with E-state index in [0.717, 1.165) is 43.3 Å². The molecule has 2 aromatic rings. The predicted octanol–water partition coefficient (Wildman–Crippen LogP) is 4.43. The molecule has 1 fully saturated rings. The summed E-state index contributed by atoms with van der Waals surface area (Å²) in [5, 5.41) is 6.25. The van der Waals surface area contributed by atoms with Gasteiger partial charge in [0.05, 0.1) is 12.6 Å². The van der Waals surface area contributed by atoms with E-state index >= 15 is 0 Å². The maximum absolute atomic E-state index is 5.80. The quantitative estimate of drug-likeness (QED) is 0.809. The summed E-state index contributed by atoms with van der Waals surface area (Å²) in [4.78, 5) is 3.54. The molecular weight excluding hydrogens is 324 g/mol. The van der Waals surface area contributed by atoms with Crippen LogP contribution < -0.4 is 5.32 Å². The average molecular weight is 347 g/mol. The number of hydrogen-bond donors (Lipinski definition) is 1. The van der Waals surface area contributed by atoms with E-state index < -0.39 is 0 Å². The molecular formula is C18H22N2OS2. The standard InChI is InChI=1S/C18H22N2OS2/c1-14-5-2-6-15(11-14)19-18(22)20(12-16-7-3-9-21-16)13-17-8-4-10-23-17/h2,4-6,8,10-11,16H,3,7,9,12-13H2,1H3,(H,19,22)/t16-/m1/s1. The summed E-state index contributed by atoms with van der Waals surface area (Å²) >= 11 is 7.44. The molecule has 0 saturated carbocycles. The van der Waals surface area contributed by atoms with Crippen LogP contribution in [0.1, 0.15) is 23.3 Å². The van der Waals surface area contributed by atoms with Crippen molar-refractivity contribution in [3.05, 3.63) is 52.2 Å². The maximum atomic E-state index is 5.80. The van der Waals surface area contributed by atoms with Gasteiger partial charge in [-0.3, -0.25) is 0 Å². The lowest BCUT2D eigenvalue weighted by Gasteiger charge is -2.28. The maximum Gasteiger partial charge on any atom is 0.173 e. The summed E-state index contributed by atoms with van der Waals surface area (Å²) < 4.78 is 5.80. The van der Waals surface area contributed by atoms with Gasteiger partial charge in [-0.05, 0) is 61.1 Å². The number of thiocarbonyl (C=S) groups is 1. The summed E-state index contributed by atoms with van der Waals surface area (Å²) in [6.07, 6.45) is 2.55. The lowest BCUT2D eigenvalue weighted by molar-refractivity contribution is 0.0907. The molecule has 1 aromatic carbocycles. The molecule has 1 N–H and O–H groups in total. The first-order valence-electron chi connectivity index (χ1n) is 7.97. The topological polar surface area (TPSA) is 24.5 Å². The smallest absolute Gasteiger partial charge is 0.173 e. The van der Waals surface area contributed by atoms with Crippen molar-refractivity contribution in [1.82, 2.24) is 4.90 Å². The van der Waals surface area contributed by atoms with Crippen LogP contribution in [0, 0.1) is 6.92 Å². The Morgan fingerprint density at radius 1 is 1.39 bits per heavy atom. The van der Waals surface area contributed by atoms with Crippen molar-refractivity contribution >= 4 is 34.4 Å². The van der Waals surface area contributed by atoms with Crippen LogP contribution in [0.15, 0.2) is 41.8 Å². The van der Waals surface area contributed by atoms with E-state index in [1.165, 1.54) is 10.4 Å². The highest BCUT2D eigenvalue weighted by Crippen LogP contribution is 2.19. The van der Waals surface area contributed by atoms with Gasteiger partial charge in [-0.15, -0.1) is 11.3 Å². The van der Waals surface area contributed by atoms with Gasteiger partial charge >= 0.3 is 0 Å². The van der Waals surface area contributed by atoms with Gasteiger partial charge in [0.1, 0.15) is 0 Å². The number of rotatable bonds is 5. The molecule has 3 rings (SSSR count). The highest BCUT2D eigenvalue weighted by atomic mass is 32.1. The Morgan fingerprint density at radius 3 is 3.00 bits per heavy atom. The fourth-order valence-corrected chi connectivity index (χ4v) is 3.75. The van der Waals surface area contributed by atoms with E-state index in [0.29, 0.717) is 0 Å². The molecule has 1 saturated heterocycles. The van der Waals surface area contributed by atoms with Gasteiger partial charge in [0.15, 0.2) is 5.11 Å². The first-order chi connectivity index (χ1) is 11.2. The number of thiophene rings is 1. The van der Waals surface area contributed by atoms with E-state index in [1.54, 1.807) is 11.3 Å². The zero-order valence-corrected chi connectivity index (χ0v) is 15.0. The average Bonchev–Trinajstić information content (AvgIpc) is 3.20. The molecule has 122 valence electrons. The molecule has 0 unspecified atom stereocenters.